The highest BCUT2D eigenvalue weighted by molar-refractivity contribution is 5.94. The lowest BCUT2D eigenvalue weighted by Gasteiger charge is -2.28. The van der Waals surface area contributed by atoms with Gasteiger partial charge in [-0.05, 0) is 37.6 Å². The van der Waals surface area contributed by atoms with Crippen LogP contribution in [-0.2, 0) is 24.3 Å². The number of carbonyl (C=O) groups is 1. The van der Waals surface area contributed by atoms with E-state index in [2.05, 4.69) is 10.3 Å². The molecule has 0 radical (unpaired) electrons. The van der Waals surface area contributed by atoms with E-state index in [-0.39, 0.29) is 5.91 Å². The Morgan fingerprint density at radius 1 is 1.33 bits per heavy atom. The lowest BCUT2D eigenvalue weighted by atomic mass is 10.0. The molecule has 0 bridgehead atoms. The summed E-state index contributed by atoms with van der Waals surface area (Å²) in [6, 6.07) is 7.70. The van der Waals surface area contributed by atoms with Gasteiger partial charge >= 0.3 is 0 Å². The molecule has 4 rings (SSSR count). The number of fused-ring (bicyclic) bond motifs is 1. The molecule has 1 fully saturated rings. The zero-order chi connectivity index (χ0) is 18.6. The largest absolute Gasteiger partial charge is 0.377 e. The third-order valence-electron chi connectivity index (χ3n) is 5.34. The lowest BCUT2D eigenvalue weighted by Crippen LogP contribution is -2.36. The smallest absolute Gasteiger partial charge is 0.254 e. The highest BCUT2D eigenvalue weighted by atomic mass is 16.5. The van der Waals surface area contributed by atoms with Crippen molar-refractivity contribution in [1.29, 1.82) is 0 Å². The molecule has 0 saturated carbocycles. The first-order chi connectivity index (χ1) is 13.2. The van der Waals surface area contributed by atoms with Crippen LogP contribution in [0.1, 0.15) is 52.3 Å². The van der Waals surface area contributed by atoms with Gasteiger partial charge in [0.25, 0.3) is 5.91 Å². The number of aromatic nitrogens is 2. The molecule has 0 unspecified atom stereocenters. The van der Waals surface area contributed by atoms with Crippen LogP contribution in [0.2, 0.25) is 0 Å². The summed E-state index contributed by atoms with van der Waals surface area (Å²) in [6.45, 7) is 6.53. The summed E-state index contributed by atoms with van der Waals surface area (Å²) in [6.07, 6.45) is 3.81. The average Bonchev–Trinajstić information content (AvgIpc) is 3.26. The van der Waals surface area contributed by atoms with Gasteiger partial charge in [0.2, 0.25) is 0 Å². The first-order valence-electron chi connectivity index (χ1n) is 9.76. The number of hydrogen-bond acceptors (Lipinski definition) is 5. The molecule has 3 heterocycles. The average molecular weight is 366 g/mol. The van der Waals surface area contributed by atoms with Crippen molar-refractivity contribution in [2.75, 3.05) is 26.2 Å². The van der Waals surface area contributed by atoms with E-state index in [1.165, 1.54) is 0 Å². The Bertz CT molecular complexity index is 800. The molecule has 1 saturated heterocycles. The maximum atomic E-state index is 12.9. The standard InChI is InChI=1S/C21H26N4O2/c1-2-27-14-15-3-5-16(6-4-15)21(26)25-10-8-19-18(13-25)12-23-20(24-19)17-7-9-22-11-17/h3-6,12,17,22H,2,7-11,13-14H2,1H3/t17-/m1/s1. The van der Waals surface area contributed by atoms with Crippen molar-refractivity contribution in [3.05, 3.63) is 58.7 Å². The maximum absolute atomic E-state index is 12.9. The summed E-state index contributed by atoms with van der Waals surface area (Å²) in [5.74, 6) is 1.43. The Morgan fingerprint density at radius 2 is 2.19 bits per heavy atom. The predicted molar refractivity (Wildman–Crippen MR) is 102 cm³/mol. The van der Waals surface area contributed by atoms with Crippen LogP contribution in [0.4, 0.5) is 0 Å². The minimum absolute atomic E-state index is 0.0627. The van der Waals surface area contributed by atoms with E-state index in [1.54, 1.807) is 0 Å². The molecule has 6 nitrogen and oxygen atoms in total. The monoisotopic (exact) mass is 366 g/mol. The highest BCUT2D eigenvalue weighted by Crippen LogP contribution is 2.23. The molecule has 27 heavy (non-hydrogen) atoms. The topological polar surface area (TPSA) is 67.3 Å². The number of amides is 1. The Morgan fingerprint density at radius 3 is 2.93 bits per heavy atom. The summed E-state index contributed by atoms with van der Waals surface area (Å²) in [7, 11) is 0. The summed E-state index contributed by atoms with van der Waals surface area (Å²) < 4.78 is 5.41. The number of rotatable bonds is 5. The minimum atomic E-state index is 0.0627. The zero-order valence-corrected chi connectivity index (χ0v) is 15.8. The number of nitrogens with one attached hydrogen (secondary N) is 1. The molecule has 2 aromatic rings. The van der Waals surface area contributed by atoms with Crippen molar-refractivity contribution in [3.8, 4) is 0 Å². The van der Waals surface area contributed by atoms with E-state index in [9.17, 15) is 4.79 Å². The van der Waals surface area contributed by atoms with Crippen LogP contribution >= 0.6 is 0 Å². The molecule has 1 amide bonds. The Labute approximate surface area is 160 Å². The Hall–Kier alpha value is -2.31. The van der Waals surface area contributed by atoms with E-state index in [0.717, 1.165) is 48.6 Å². The van der Waals surface area contributed by atoms with Gasteiger partial charge in [0.1, 0.15) is 5.82 Å². The molecule has 142 valence electrons. The van der Waals surface area contributed by atoms with Crippen LogP contribution in [0.5, 0.6) is 0 Å². The molecule has 2 aliphatic heterocycles. The van der Waals surface area contributed by atoms with Crippen molar-refractivity contribution < 1.29 is 9.53 Å². The molecule has 0 spiro atoms. The van der Waals surface area contributed by atoms with Gasteiger partial charge < -0.3 is 15.0 Å². The molecule has 6 heteroatoms. The van der Waals surface area contributed by atoms with Crippen LogP contribution in [0, 0.1) is 0 Å². The second-order valence-electron chi connectivity index (χ2n) is 7.20. The van der Waals surface area contributed by atoms with Crippen molar-refractivity contribution in [1.82, 2.24) is 20.2 Å². The van der Waals surface area contributed by atoms with E-state index in [1.807, 2.05) is 42.3 Å². The molecule has 0 aliphatic carbocycles. The van der Waals surface area contributed by atoms with E-state index in [4.69, 9.17) is 9.72 Å². The zero-order valence-electron chi connectivity index (χ0n) is 15.8. The fraction of sp³-hybridized carbons (Fsp3) is 0.476. The van der Waals surface area contributed by atoms with Crippen LogP contribution < -0.4 is 5.32 Å². The highest BCUT2D eigenvalue weighted by Gasteiger charge is 2.25. The van der Waals surface area contributed by atoms with E-state index >= 15 is 0 Å². The fourth-order valence-electron chi connectivity index (χ4n) is 3.72. The van der Waals surface area contributed by atoms with Gasteiger partial charge in [-0.1, -0.05) is 12.1 Å². The van der Waals surface area contributed by atoms with Crippen LogP contribution in [0.15, 0.2) is 30.5 Å². The second-order valence-corrected chi connectivity index (χ2v) is 7.20. The molecule has 2 aliphatic rings. The molecule has 1 N–H and O–H groups in total. The predicted octanol–water partition coefficient (Wildman–Crippen LogP) is 2.29. The number of carbonyl (C=O) groups excluding carboxylic acids is 1. The van der Waals surface area contributed by atoms with Crippen molar-refractivity contribution in [2.45, 2.75) is 38.8 Å². The third kappa shape index (κ3) is 4.01. The second kappa shape index (κ2) is 8.15. The summed E-state index contributed by atoms with van der Waals surface area (Å²) in [5, 5.41) is 3.37. The van der Waals surface area contributed by atoms with Gasteiger partial charge in [-0.15, -0.1) is 0 Å². The number of nitrogens with zero attached hydrogens (tertiary/aromatic N) is 3. The first-order valence-corrected chi connectivity index (χ1v) is 9.76. The third-order valence-corrected chi connectivity index (χ3v) is 5.34. The number of hydrogen-bond donors (Lipinski definition) is 1. The quantitative estimate of drug-likeness (QED) is 0.879. The van der Waals surface area contributed by atoms with Crippen molar-refractivity contribution in [3.63, 3.8) is 0 Å². The van der Waals surface area contributed by atoms with Crippen LogP contribution in [0.25, 0.3) is 0 Å². The SMILES string of the molecule is CCOCc1ccc(C(=O)N2CCc3nc([C@@H]4CCNC4)ncc3C2)cc1. The van der Waals surface area contributed by atoms with E-state index in [0.29, 0.717) is 37.8 Å². The van der Waals surface area contributed by atoms with Crippen molar-refractivity contribution in [2.24, 2.45) is 0 Å². The first kappa shape index (κ1) is 18.1. The Kier molecular flexibility index (Phi) is 5.45. The molecule has 1 aromatic heterocycles. The van der Waals surface area contributed by atoms with Gasteiger partial charge in [0, 0.05) is 55.9 Å². The van der Waals surface area contributed by atoms with Gasteiger partial charge in [0.05, 0.1) is 12.3 Å². The summed E-state index contributed by atoms with van der Waals surface area (Å²) >= 11 is 0. The van der Waals surface area contributed by atoms with Gasteiger partial charge in [-0.25, -0.2) is 9.97 Å². The van der Waals surface area contributed by atoms with E-state index < -0.39 is 0 Å². The molecule has 1 atom stereocenters. The lowest BCUT2D eigenvalue weighted by molar-refractivity contribution is 0.0733. The molecule has 1 aromatic carbocycles. The molecular formula is C21H26N4O2. The Balaban J connectivity index is 1.43. The van der Waals surface area contributed by atoms with Gasteiger partial charge in [-0.3, -0.25) is 4.79 Å². The van der Waals surface area contributed by atoms with Gasteiger partial charge in [-0.2, -0.15) is 0 Å². The fourth-order valence-corrected chi connectivity index (χ4v) is 3.72. The summed E-state index contributed by atoms with van der Waals surface area (Å²) in [5.41, 5.74) is 3.97. The molecular weight excluding hydrogens is 340 g/mol. The maximum Gasteiger partial charge on any atom is 0.254 e. The normalized spacial score (nSPS) is 19.1. The number of benzene rings is 1. The van der Waals surface area contributed by atoms with Crippen molar-refractivity contribution >= 4 is 5.91 Å². The summed E-state index contributed by atoms with van der Waals surface area (Å²) in [4.78, 5) is 24.1. The minimum Gasteiger partial charge on any atom is -0.377 e. The van der Waals surface area contributed by atoms with Crippen LogP contribution in [-0.4, -0.2) is 47.0 Å². The van der Waals surface area contributed by atoms with Crippen LogP contribution in [0.3, 0.4) is 0 Å². The number of ether oxygens (including phenoxy) is 1. The van der Waals surface area contributed by atoms with Gasteiger partial charge in [0.15, 0.2) is 0 Å².